The molecular formula is C66H94N12O9S3. The molecule has 4 amide bonds. The molecule has 0 spiro atoms. The lowest BCUT2D eigenvalue weighted by Gasteiger charge is -2.38. The summed E-state index contributed by atoms with van der Waals surface area (Å²) in [5.74, 6) is 1.87. The van der Waals surface area contributed by atoms with Gasteiger partial charge >= 0.3 is 12.2 Å². The summed E-state index contributed by atoms with van der Waals surface area (Å²) in [4.78, 5) is 84.5. The Morgan fingerprint density at radius 1 is 0.533 bits per heavy atom. The van der Waals surface area contributed by atoms with E-state index in [1.807, 2.05) is 41.5 Å². The van der Waals surface area contributed by atoms with E-state index >= 15 is 0 Å². The number of nitrogens with two attached hydrogens (primary N) is 3. The number of aromatic nitrogens is 6. The maximum atomic E-state index is 12.2. The van der Waals surface area contributed by atoms with Crippen molar-refractivity contribution in [1.29, 1.82) is 0 Å². The third-order valence-electron chi connectivity index (χ3n) is 17.9. The van der Waals surface area contributed by atoms with Crippen molar-refractivity contribution in [2.45, 2.75) is 269 Å². The number of aryl methyl sites for hydroxylation is 3. The van der Waals surface area contributed by atoms with Gasteiger partial charge in [0.25, 0.3) is 0 Å². The molecule has 21 nitrogen and oxygen atoms in total. The van der Waals surface area contributed by atoms with Crippen LogP contribution in [0.2, 0.25) is 0 Å². The summed E-state index contributed by atoms with van der Waals surface area (Å²) >= 11 is 5.06. The summed E-state index contributed by atoms with van der Waals surface area (Å²) in [5.41, 5.74) is 19.0. The molecule has 6 aromatic rings. The number of thiophene rings is 3. The molecule has 12 rings (SSSR count). The van der Waals surface area contributed by atoms with E-state index in [9.17, 15) is 19.2 Å². The van der Waals surface area contributed by atoms with Gasteiger partial charge in [-0.25, -0.2) is 46.1 Å². The number of primary amides is 2. The zero-order valence-electron chi connectivity index (χ0n) is 52.3. The number of amides is 4. The van der Waals surface area contributed by atoms with E-state index in [1.54, 1.807) is 53.0 Å². The molecule has 24 heteroatoms. The van der Waals surface area contributed by atoms with Gasteiger partial charge in [0.05, 0.1) is 22.1 Å². The van der Waals surface area contributed by atoms with E-state index in [-0.39, 0.29) is 91.5 Å². The summed E-state index contributed by atoms with van der Waals surface area (Å²) < 4.78 is 29.9. The number of hydrogen-bond donors (Lipinski definition) is 5. The van der Waals surface area contributed by atoms with E-state index < -0.39 is 11.2 Å². The highest BCUT2D eigenvalue weighted by Crippen LogP contribution is 2.50. The Labute approximate surface area is 541 Å². The Morgan fingerprint density at radius 2 is 0.844 bits per heavy atom. The SMILES string of the molecule is C.C.CC1(N)CCC(Oc2ncnc3sc4c(c23)[C@@H](CC(N)=O)CC4)CC1.CC1(NC(=O)OC(C)(C)C)CCC(Oc2ncnc3sc4c(c23)[C@@H](CC(N)=O)CC4)CC1.[C-]#[N+]C[C@H]1CCc2sc3ncnc(OC4CCC(C)(NC(=O)OC(C)(C)C)CC4)c3c21. The van der Waals surface area contributed by atoms with Gasteiger partial charge in [-0.2, -0.15) is 0 Å². The fourth-order valence-corrected chi connectivity index (χ4v) is 17.2. The smallest absolute Gasteiger partial charge is 0.408 e. The molecule has 0 bridgehead atoms. The first kappa shape index (κ1) is 69.3. The number of nitrogens with one attached hydrogen (secondary N) is 2. The Hall–Kier alpha value is -6.55. The Kier molecular flexibility index (Phi) is 21.7. The highest BCUT2D eigenvalue weighted by Gasteiger charge is 2.40. The first-order valence-electron chi connectivity index (χ1n) is 31.1. The molecule has 0 radical (unpaired) electrons. The zero-order valence-corrected chi connectivity index (χ0v) is 54.8. The van der Waals surface area contributed by atoms with Crippen LogP contribution >= 0.6 is 34.0 Å². The summed E-state index contributed by atoms with van der Waals surface area (Å²) in [6, 6.07) is 0. The van der Waals surface area contributed by atoms with Crippen molar-refractivity contribution >= 4 is 88.7 Å². The van der Waals surface area contributed by atoms with E-state index in [0.29, 0.717) is 37.0 Å². The number of hydrogen-bond acceptors (Lipinski definition) is 19. The van der Waals surface area contributed by atoms with Crippen molar-refractivity contribution in [2.24, 2.45) is 17.2 Å². The minimum absolute atomic E-state index is 0. The van der Waals surface area contributed by atoms with E-state index in [4.69, 9.17) is 47.5 Å². The average molecular weight is 1300 g/mol. The largest absolute Gasteiger partial charge is 0.474 e. The predicted molar refractivity (Wildman–Crippen MR) is 355 cm³/mol. The van der Waals surface area contributed by atoms with Crippen LogP contribution in [-0.4, -0.2) is 107 Å². The van der Waals surface area contributed by atoms with Crippen molar-refractivity contribution in [1.82, 2.24) is 40.5 Å². The van der Waals surface area contributed by atoms with Crippen molar-refractivity contribution in [3.8, 4) is 17.6 Å². The van der Waals surface area contributed by atoms with Gasteiger partial charge in [0, 0.05) is 44.1 Å². The maximum Gasteiger partial charge on any atom is 0.408 e. The van der Waals surface area contributed by atoms with Gasteiger partial charge < -0.3 is 56.4 Å². The monoisotopic (exact) mass is 1290 g/mol. The van der Waals surface area contributed by atoms with Gasteiger partial charge in [0.2, 0.25) is 36.0 Å². The highest BCUT2D eigenvalue weighted by molar-refractivity contribution is 7.19. The third kappa shape index (κ3) is 16.7. The molecular weight excluding hydrogens is 1200 g/mol. The number of rotatable bonds is 13. The molecule has 90 heavy (non-hydrogen) atoms. The lowest BCUT2D eigenvalue weighted by atomic mass is 9.82. The number of carbonyl (C=O) groups is 4. The van der Waals surface area contributed by atoms with Crippen molar-refractivity contribution in [3.63, 3.8) is 0 Å². The molecule has 0 unspecified atom stereocenters. The average Bonchev–Trinajstić information content (AvgIpc) is 1.62. The topological polar surface area (TPSA) is 298 Å². The molecule has 6 aliphatic rings. The third-order valence-corrected chi connectivity index (χ3v) is 21.4. The molecule has 3 saturated carbocycles. The Balaban J connectivity index is 0.000000174. The molecule has 6 aliphatic carbocycles. The molecule has 3 fully saturated rings. The van der Waals surface area contributed by atoms with Gasteiger partial charge in [-0.15, -0.1) is 34.0 Å². The summed E-state index contributed by atoms with van der Waals surface area (Å²) in [6.07, 6.45) is 20.9. The van der Waals surface area contributed by atoms with Crippen LogP contribution in [0.5, 0.6) is 17.6 Å². The highest BCUT2D eigenvalue weighted by atomic mass is 32.1. The summed E-state index contributed by atoms with van der Waals surface area (Å²) in [6.45, 7) is 25.2. The van der Waals surface area contributed by atoms with Crippen LogP contribution in [0.4, 0.5) is 9.59 Å². The van der Waals surface area contributed by atoms with E-state index in [2.05, 4.69) is 66.2 Å². The quantitative estimate of drug-likeness (QED) is 0.0671. The second-order valence-corrected chi connectivity index (χ2v) is 31.0. The van der Waals surface area contributed by atoms with E-state index in [1.165, 1.54) is 25.8 Å². The predicted octanol–water partition coefficient (Wildman–Crippen LogP) is 13.4. The standard InChI is InChI=1S/C23H32N4O4S.C23H30N4O3S.C18H24N4O2S.2CH4/c1-22(2,3)31-21(29)27-23(4)9-7-14(8-10-23)30-19-18-17-13(11-16(24)28)5-6-15(17)32-20(18)26-12-25-19;1-22(2,3)30-21(28)27-23(4)10-8-15(9-11-23)29-19-18-17-14(12-24-5)6-7-16(17)31-20(18)26-13-25-19;1-18(20)6-4-11(5-7-18)24-16-15-14-10(8-13(19)23)2-3-12(14)25-17(15)22-9-21-16;;/h12-14H,5-11H2,1-4H3,(H2,24,28)(H,27,29);13-15H,6-12H2,1-4H3,(H,27,28);9-11H,2-8,20H2,1H3,(H2,19,23);2*1H4/t13-,14?,23?;14-,15?,23?;10-,11?,18?;;/m111../s1. The van der Waals surface area contributed by atoms with Crippen molar-refractivity contribution in [3.05, 3.63) is 61.7 Å². The van der Waals surface area contributed by atoms with Crippen LogP contribution in [0.15, 0.2) is 19.0 Å². The van der Waals surface area contributed by atoms with Crippen LogP contribution < -0.4 is 42.0 Å². The fraction of sp³-hybridized carbons (Fsp3) is 0.652. The number of nitrogens with zero attached hydrogens (tertiary/aromatic N) is 7. The molecule has 3 atom stereocenters. The van der Waals surface area contributed by atoms with Gasteiger partial charge in [-0.1, -0.05) is 14.9 Å². The minimum Gasteiger partial charge on any atom is -0.474 e. The zero-order chi connectivity index (χ0) is 62.9. The van der Waals surface area contributed by atoms with Gasteiger partial charge in [0.1, 0.15) is 63.0 Å². The van der Waals surface area contributed by atoms with Crippen molar-refractivity contribution < 1.29 is 42.9 Å². The van der Waals surface area contributed by atoms with Crippen LogP contribution in [0, 0.1) is 6.57 Å². The summed E-state index contributed by atoms with van der Waals surface area (Å²) in [7, 11) is 0. The van der Waals surface area contributed by atoms with Crippen LogP contribution in [0.3, 0.4) is 0 Å². The number of ether oxygens (including phenoxy) is 5. The van der Waals surface area contributed by atoms with Gasteiger partial charge in [-0.3, -0.25) is 9.59 Å². The normalized spacial score (nSPS) is 25.9. The molecule has 0 aromatic carbocycles. The van der Waals surface area contributed by atoms with Crippen LogP contribution in [-0.2, 0) is 38.3 Å². The summed E-state index contributed by atoms with van der Waals surface area (Å²) in [5, 5.41) is 9.02. The second kappa shape index (κ2) is 28.1. The van der Waals surface area contributed by atoms with Crippen LogP contribution in [0.25, 0.3) is 35.5 Å². The fourth-order valence-electron chi connectivity index (χ4n) is 13.5. The molecule has 8 N–H and O–H groups in total. The van der Waals surface area contributed by atoms with Gasteiger partial charge in [-0.05, 0) is 206 Å². The van der Waals surface area contributed by atoms with Gasteiger partial charge in [0.15, 0.2) is 0 Å². The minimum atomic E-state index is -0.522. The van der Waals surface area contributed by atoms with E-state index in [0.717, 1.165) is 152 Å². The molecule has 0 saturated heterocycles. The molecule has 0 aliphatic heterocycles. The first-order chi connectivity index (χ1) is 41.6. The molecule has 6 aromatic heterocycles. The second-order valence-electron chi connectivity index (χ2n) is 27.8. The lowest BCUT2D eigenvalue weighted by molar-refractivity contribution is -0.119. The molecule has 490 valence electrons. The number of fused-ring (bicyclic) bond motifs is 9. The maximum absolute atomic E-state index is 12.2. The number of carbonyl (C=O) groups excluding carboxylic acids is 4. The first-order valence-corrected chi connectivity index (χ1v) is 33.6. The van der Waals surface area contributed by atoms with Crippen LogP contribution in [0.1, 0.15) is 235 Å². The molecule has 6 heterocycles. The lowest BCUT2D eigenvalue weighted by Crippen LogP contribution is -2.51. The van der Waals surface area contributed by atoms with Crippen molar-refractivity contribution in [2.75, 3.05) is 6.54 Å². The number of alkyl carbamates (subject to hydrolysis) is 2. The Morgan fingerprint density at radius 3 is 1.16 bits per heavy atom. The Bertz CT molecular complexity index is 3570.